The fraction of sp³-hybridized carbons (Fsp3) is 0.158. The Morgan fingerprint density at radius 3 is 2.46 bits per heavy atom. The van der Waals surface area contributed by atoms with Crippen LogP contribution in [0.5, 0.6) is 5.75 Å². The van der Waals surface area contributed by atoms with Crippen molar-refractivity contribution < 1.29 is 27.5 Å². The van der Waals surface area contributed by atoms with Crippen LogP contribution in [0.1, 0.15) is 11.1 Å². The Morgan fingerprint density at radius 2 is 1.82 bits per heavy atom. The number of fused-ring (bicyclic) bond motifs is 1. The molecule has 3 rings (SSSR count). The molecule has 1 amide bonds. The third-order valence-electron chi connectivity index (χ3n) is 4.05. The maximum atomic E-state index is 13.1. The van der Waals surface area contributed by atoms with E-state index in [9.17, 15) is 27.9 Å². The number of halogens is 3. The SMILES string of the molecule is N[C@@H](Cc1ccc(O)cc1)C(=O)Nc1ccc2c(C(F)(F)F)cc(=O)oc2c1. The minimum absolute atomic E-state index is 0.0812. The van der Waals surface area contributed by atoms with Gasteiger partial charge in [0.15, 0.2) is 0 Å². The normalized spacial score (nSPS) is 12.7. The van der Waals surface area contributed by atoms with E-state index in [1.807, 2.05) is 0 Å². The fourth-order valence-electron chi connectivity index (χ4n) is 2.69. The van der Waals surface area contributed by atoms with Gasteiger partial charge in [-0.2, -0.15) is 13.2 Å². The van der Waals surface area contributed by atoms with Crippen LogP contribution in [0.15, 0.2) is 57.7 Å². The molecular weight excluding hydrogens is 377 g/mol. The van der Waals surface area contributed by atoms with Gasteiger partial charge in [-0.3, -0.25) is 4.79 Å². The number of phenols is 1. The molecule has 0 saturated heterocycles. The van der Waals surface area contributed by atoms with Gasteiger partial charge in [0, 0.05) is 23.2 Å². The molecule has 0 aliphatic heterocycles. The van der Waals surface area contributed by atoms with E-state index in [2.05, 4.69) is 5.32 Å². The third kappa shape index (κ3) is 4.32. The van der Waals surface area contributed by atoms with E-state index in [0.717, 1.165) is 17.7 Å². The van der Waals surface area contributed by atoms with Crippen molar-refractivity contribution in [3.05, 3.63) is 70.1 Å². The smallest absolute Gasteiger partial charge is 0.417 e. The monoisotopic (exact) mass is 392 g/mol. The zero-order chi connectivity index (χ0) is 20.5. The van der Waals surface area contributed by atoms with Gasteiger partial charge in [-0.05, 0) is 36.2 Å². The van der Waals surface area contributed by atoms with Gasteiger partial charge in [0.05, 0.1) is 11.6 Å². The van der Waals surface area contributed by atoms with Gasteiger partial charge < -0.3 is 20.6 Å². The molecule has 0 unspecified atom stereocenters. The lowest BCUT2D eigenvalue weighted by Gasteiger charge is -2.14. The first kappa shape index (κ1) is 19.4. The average molecular weight is 392 g/mol. The van der Waals surface area contributed by atoms with Crippen molar-refractivity contribution in [3.63, 3.8) is 0 Å². The Hall–Kier alpha value is -3.33. The van der Waals surface area contributed by atoms with Crippen molar-refractivity contribution in [1.82, 2.24) is 0 Å². The second kappa shape index (κ2) is 7.35. The zero-order valence-electron chi connectivity index (χ0n) is 14.3. The summed E-state index contributed by atoms with van der Waals surface area (Å²) in [6.45, 7) is 0. The molecule has 0 aliphatic rings. The van der Waals surface area contributed by atoms with Crippen LogP contribution in [0, 0.1) is 0 Å². The summed E-state index contributed by atoms with van der Waals surface area (Å²) in [5.74, 6) is -0.487. The maximum Gasteiger partial charge on any atom is 0.417 e. The average Bonchev–Trinajstić information content (AvgIpc) is 2.61. The number of aromatic hydroxyl groups is 1. The Labute approximate surface area is 156 Å². The molecule has 146 valence electrons. The second-order valence-corrected chi connectivity index (χ2v) is 6.15. The molecule has 3 aromatic rings. The molecular formula is C19H15F3N2O4. The molecule has 1 heterocycles. The molecule has 0 spiro atoms. The van der Waals surface area contributed by atoms with E-state index < -0.39 is 29.3 Å². The lowest BCUT2D eigenvalue weighted by Crippen LogP contribution is -2.37. The van der Waals surface area contributed by atoms with Crippen molar-refractivity contribution >= 4 is 22.6 Å². The molecule has 0 fully saturated rings. The summed E-state index contributed by atoms with van der Waals surface area (Å²) in [6.07, 6.45) is -4.53. The number of rotatable bonds is 4. The second-order valence-electron chi connectivity index (χ2n) is 6.15. The van der Waals surface area contributed by atoms with E-state index in [4.69, 9.17) is 10.2 Å². The van der Waals surface area contributed by atoms with Gasteiger partial charge in [-0.15, -0.1) is 0 Å². The lowest BCUT2D eigenvalue weighted by atomic mass is 10.1. The van der Waals surface area contributed by atoms with Crippen LogP contribution in [0.2, 0.25) is 0 Å². The molecule has 6 nitrogen and oxygen atoms in total. The highest BCUT2D eigenvalue weighted by Crippen LogP contribution is 2.34. The van der Waals surface area contributed by atoms with E-state index >= 15 is 0 Å². The predicted molar refractivity (Wildman–Crippen MR) is 95.9 cm³/mol. The Balaban J connectivity index is 1.81. The van der Waals surface area contributed by atoms with Crippen molar-refractivity contribution in [1.29, 1.82) is 0 Å². The molecule has 2 aromatic carbocycles. The minimum Gasteiger partial charge on any atom is -0.508 e. The summed E-state index contributed by atoms with van der Waals surface area (Å²) in [6, 6.07) is 9.12. The van der Waals surface area contributed by atoms with Crippen LogP contribution in [0.4, 0.5) is 18.9 Å². The van der Waals surface area contributed by atoms with Gasteiger partial charge in [0.25, 0.3) is 0 Å². The van der Waals surface area contributed by atoms with Gasteiger partial charge in [0.1, 0.15) is 11.3 Å². The number of carbonyl (C=O) groups excluding carboxylic acids is 1. The van der Waals surface area contributed by atoms with Gasteiger partial charge in [0.2, 0.25) is 5.91 Å². The van der Waals surface area contributed by atoms with Crippen molar-refractivity contribution in [2.24, 2.45) is 5.73 Å². The van der Waals surface area contributed by atoms with Crippen LogP contribution in [0.3, 0.4) is 0 Å². The summed E-state index contributed by atoms with van der Waals surface area (Å²) in [5, 5.41) is 11.5. The molecule has 1 atom stereocenters. The minimum atomic E-state index is -4.72. The van der Waals surface area contributed by atoms with Crippen LogP contribution < -0.4 is 16.7 Å². The summed E-state index contributed by atoms with van der Waals surface area (Å²) < 4.78 is 44.0. The topological polar surface area (TPSA) is 106 Å². The largest absolute Gasteiger partial charge is 0.508 e. The van der Waals surface area contributed by atoms with E-state index in [1.165, 1.54) is 18.2 Å². The number of benzene rings is 2. The number of carbonyl (C=O) groups is 1. The number of nitrogens with two attached hydrogens (primary N) is 1. The highest BCUT2D eigenvalue weighted by molar-refractivity contribution is 5.96. The predicted octanol–water partition coefficient (Wildman–Crippen LogP) is 3.03. The number of phenolic OH excluding ortho intramolecular Hbond substituents is 1. The number of hydrogen-bond donors (Lipinski definition) is 3. The zero-order valence-corrected chi connectivity index (χ0v) is 14.3. The summed E-state index contributed by atoms with van der Waals surface area (Å²) in [4.78, 5) is 23.7. The molecule has 9 heteroatoms. The highest BCUT2D eigenvalue weighted by Gasteiger charge is 2.33. The molecule has 4 N–H and O–H groups in total. The van der Waals surface area contributed by atoms with Crippen LogP contribution in [-0.4, -0.2) is 17.1 Å². The summed E-state index contributed by atoms with van der Waals surface area (Å²) in [5.41, 5.74) is 4.16. The van der Waals surface area contributed by atoms with E-state index in [-0.39, 0.29) is 28.8 Å². The fourth-order valence-corrected chi connectivity index (χ4v) is 2.69. The van der Waals surface area contributed by atoms with Crippen molar-refractivity contribution in [2.75, 3.05) is 5.32 Å². The number of nitrogens with one attached hydrogen (secondary N) is 1. The van der Waals surface area contributed by atoms with Crippen molar-refractivity contribution in [2.45, 2.75) is 18.6 Å². The van der Waals surface area contributed by atoms with Gasteiger partial charge in [-0.1, -0.05) is 12.1 Å². The Morgan fingerprint density at radius 1 is 1.14 bits per heavy atom. The summed E-state index contributed by atoms with van der Waals surface area (Å²) in [7, 11) is 0. The highest BCUT2D eigenvalue weighted by atomic mass is 19.4. The third-order valence-corrected chi connectivity index (χ3v) is 4.05. The number of alkyl halides is 3. The molecule has 0 aliphatic carbocycles. The Kier molecular flexibility index (Phi) is 5.10. The molecule has 28 heavy (non-hydrogen) atoms. The van der Waals surface area contributed by atoms with Crippen LogP contribution in [-0.2, 0) is 17.4 Å². The van der Waals surface area contributed by atoms with Crippen molar-refractivity contribution in [3.8, 4) is 5.75 Å². The standard InChI is InChI=1S/C19H15F3N2O4/c20-19(21,22)14-9-17(26)28-16-8-11(3-6-13(14)16)24-18(27)15(23)7-10-1-4-12(25)5-2-10/h1-6,8-9,15,25H,7,23H2,(H,24,27)/t15-/m0/s1. The first-order valence-corrected chi connectivity index (χ1v) is 8.13. The van der Waals surface area contributed by atoms with Crippen LogP contribution in [0.25, 0.3) is 11.0 Å². The summed E-state index contributed by atoms with van der Waals surface area (Å²) >= 11 is 0. The van der Waals surface area contributed by atoms with E-state index in [0.29, 0.717) is 6.07 Å². The van der Waals surface area contributed by atoms with E-state index in [1.54, 1.807) is 12.1 Å². The van der Waals surface area contributed by atoms with Crippen LogP contribution >= 0.6 is 0 Å². The Bertz CT molecular complexity index is 1080. The van der Waals surface area contributed by atoms with Gasteiger partial charge in [-0.25, -0.2) is 4.79 Å². The quantitative estimate of drug-likeness (QED) is 0.592. The lowest BCUT2D eigenvalue weighted by molar-refractivity contribution is -0.136. The van der Waals surface area contributed by atoms with Gasteiger partial charge >= 0.3 is 11.8 Å². The first-order chi connectivity index (χ1) is 13.1. The molecule has 1 aromatic heterocycles. The number of amides is 1. The number of hydrogen-bond acceptors (Lipinski definition) is 5. The molecule has 0 bridgehead atoms. The first-order valence-electron chi connectivity index (χ1n) is 8.13. The molecule has 0 saturated carbocycles. The molecule has 0 radical (unpaired) electrons. The maximum absolute atomic E-state index is 13.1. The number of anilines is 1.